The van der Waals surface area contributed by atoms with Crippen molar-refractivity contribution < 1.29 is 23.0 Å². The molecule has 0 spiro atoms. The van der Waals surface area contributed by atoms with Crippen LogP contribution in [0, 0.1) is 0 Å². The van der Waals surface area contributed by atoms with Gasteiger partial charge in [0, 0.05) is 36.2 Å². The van der Waals surface area contributed by atoms with Crippen LogP contribution in [0.5, 0.6) is 0 Å². The molecular weight excluding hydrogens is 404 g/mol. The molecular formula is C20H14ClF2N3O3. The molecule has 1 atom stereocenters. The Labute approximate surface area is 168 Å². The van der Waals surface area contributed by atoms with Crippen molar-refractivity contribution in [3.8, 4) is 11.5 Å². The Morgan fingerprint density at radius 3 is 2.76 bits per heavy atom. The molecule has 1 unspecified atom stereocenters. The first kappa shape index (κ1) is 18.4. The highest BCUT2D eigenvalue weighted by Gasteiger charge is 2.34. The summed E-state index contributed by atoms with van der Waals surface area (Å²) in [6.07, 6.45) is 0.309. The SMILES string of the molecule is OC1(c2ccc3oc(-c4cnc(C(F)F)c5cnc(Cl)cc45)nc3c2)CCOC1. The predicted molar refractivity (Wildman–Crippen MR) is 102 cm³/mol. The number of aromatic nitrogens is 3. The van der Waals surface area contributed by atoms with Crippen molar-refractivity contribution in [2.75, 3.05) is 13.2 Å². The van der Waals surface area contributed by atoms with E-state index >= 15 is 0 Å². The summed E-state index contributed by atoms with van der Waals surface area (Å²) >= 11 is 5.99. The minimum Gasteiger partial charge on any atom is -0.436 e. The van der Waals surface area contributed by atoms with E-state index in [1.807, 2.05) is 0 Å². The molecule has 1 aromatic carbocycles. The van der Waals surface area contributed by atoms with Gasteiger partial charge in [0.2, 0.25) is 5.89 Å². The number of ether oxygens (including phenoxy) is 1. The average Bonchev–Trinajstić information content (AvgIpc) is 3.33. The molecule has 0 radical (unpaired) electrons. The zero-order chi connectivity index (χ0) is 20.2. The van der Waals surface area contributed by atoms with Crippen molar-refractivity contribution in [2.45, 2.75) is 18.4 Å². The lowest BCUT2D eigenvalue weighted by atomic mass is 9.93. The second kappa shape index (κ2) is 6.69. The van der Waals surface area contributed by atoms with E-state index < -0.39 is 12.0 Å². The van der Waals surface area contributed by atoms with Gasteiger partial charge < -0.3 is 14.3 Å². The number of aliphatic hydroxyl groups is 1. The Bertz CT molecular complexity index is 1240. The van der Waals surface area contributed by atoms with Crippen LogP contribution in [0.2, 0.25) is 5.15 Å². The maximum Gasteiger partial charge on any atom is 0.281 e. The smallest absolute Gasteiger partial charge is 0.281 e. The fourth-order valence-electron chi connectivity index (χ4n) is 3.59. The van der Waals surface area contributed by atoms with Crippen LogP contribution in [0.25, 0.3) is 33.3 Å². The molecule has 1 aliphatic heterocycles. The number of rotatable bonds is 3. The third-order valence-corrected chi connectivity index (χ3v) is 5.34. The fraction of sp³-hybridized carbons (Fsp3) is 0.250. The molecule has 148 valence electrons. The Kier molecular flexibility index (Phi) is 4.23. The second-order valence-corrected chi connectivity index (χ2v) is 7.33. The number of halogens is 3. The molecule has 0 bridgehead atoms. The maximum atomic E-state index is 13.3. The Morgan fingerprint density at radius 2 is 2.00 bits per heavy atom. The van der Waals surface area contributed by atoms with Gasteiger partial charge in [0.15, 0.2) is 5.58 Å². The zero-order valence-electron chi connectivity index (χ0n) is 14.9. The number of oxazole rings is 1. The average molecular weight is 418 g/mol. The van der Waals surface area contributed by atoms with E-state index in [0.717, 1.165) is 0 Å². The highest BCUT2D eigenvalue weighted by atomic mass is 35.5. The molecule has 0 aliphatic carbocycles. The third-order valence-electron chi connectivity index (χ3n) is 5.13. The second-order valence-electron chi connectivity index (χ2n) is 6.95. The standard InChI is InChI=1S/C20H14ClF2N3O3/c21-16-6-11-12(7-24-16)17(18(22)23)25-8-13(11)19-26-14-5-10(1-2-15(14)29-19)20(27)3-4-28-9-20/h1-2,5-8,18,27H,3-4,9H2. The minimum absolute atomic E-state index is 0.159. The molecule has 1 fully saturated rings. The molecule has 6 nitrogen and oxygen atoms in total. The molecule has 29 heavy (non-hydrogen) atoms. The number of benzene rings is 1. The van der Waals surface area contributed by atoms with Crippen molar-refractivity contribution in [1.29, 1.82) is 0 Å². The summed E-state index contributed by atoms with van der Waals surface area (Å²) in [6, 6.07) is 6.71. The number of nitrogens with zero attached hydrogens (tertiary/aromatic N) is 3. The molecule has 3 aromatic heterocycles. The largest absolute Gasteiger partial charge is 0.436 e. The number of hydrogen-bond donors (Lipinski definition) is 1. The van der Waals surface area contributed by atoms with E-state index in [9.17, 15) is 13.9 Å². The Morgan fingerprint density at radius 1 is 1.14 bits per heavy atom. The van der Waals surface area contributed by atoms with Crippen molar-refractivity contribution in [3.05, 3.63) is 53.1 Å². The van der Waals surface area contributed by atoms with Crippen molar-refractivity contribution in [1.82, 2.24) is 15.0 Å². The van der Waals surface area contributed by atoms with Gasteiger partial charge in [-0.25, -0.2) is 18.7 Å². The number of fused-ring (bicyclic) bond motifs is 2. The first-order valence-corrected chi connectivity index (χ1v) is 9.26. The van der Waals surface area contributed by atoms with E-state index in [0.29, 0.717) is 40.6 Å². The van der Waals surface area contributed by atoms with Gasteiger partial charge in [-0.15, -0.1) is 0 Å². The minimum atomic E-state index is -2.75. The topological polar surface area (TPSA) is 81.3 Å². The summed E-state index contributed by atoms with van der Waals surface area (Å²) in [5.41, 5.74) is 0.705. The highest BCUT2D eigenvalue weighted by molar-refractivity contribution is 6.30. The monoisotopic (exact) mass is 417 g/mol. The molecule has 1 saturated heterocycles. The lowest BCUT2D eigenvalue weighted by molar-refractivity contribution is 0.0233. The summed E-state index contributed by atoms with van der Waals surface area (Å²) in [4.78, 5) is 12.3. The lowest BCUT2D eigenvalue weighted by Crippen LogP contribution is -2.25. The first-order valence-electron chi connectivity index (χ1n) is 8.88. The summed E-state index contributed by atoms with van der Waals surface area (Å²) < 4.78 is 37.8. The van der Waals surface area contributed by atoms with Crippen LogP contribution in [0.3, 0.4) is 0 Å². The molecule has 1 N–H and O–H groups in total. The molecule has 5 rings (SSSR count). The van der Waals surface area contributed by atoms with Crippen LogP contribution in [0.15, 0.2) is 41.1 Å². The highest BCUT2D eigenvalue weighted by Crippen LogP contribution is 2.36. The lowest BCUT2D eigenvalue weighted by Gasteiger charge is -2.20. The summed E-state index contributed by atoms with van der Waals surface area (Å²) in [5.74, 6) is 0.215. The number of hydrogen-bond acceptors (Lipinski definition) is 6. The maximum absolute atomic E-state index is 13.3. The van der Waals surface area contributed by atoms with Gasteiger partial charge in [-0.05, 0) is 23.8 Å². The van der Waals surface area contributed by atoms with Gasteiger partial charge in [-0.2, -0.15) is 0 Å². The Hall–Kier alpha value is -2.68. The van der Waals surface area contributed by atoms with E-state index in [1.165, 1.54) is 18.5 Å². The van der Waals surface area contributed by atoms with Gasteiger partial charge in [0.05, 0.1) is 12.2 Å². The van der Waals surface area contributed by atoms with E-state index in [1.54, 1.807) is 18.2 Å². The van der Waals surface area contributed by atoms with Crippen LogP contribution < -0.4 is 0 Å². The molecule has 1 aliphatic rings. The van der Waals surface area contributed by atoms with Gasteiger partial charge in [0.1, 0.15) is 22.0 Å². The van der Waals surface area contributed by atoms with E-state index in [2.05, 4.69) is 15.0 Å². The van der Waals surface area contributed by atoms with Crippen molar-refractivity contribution in [3.63, 3.8) is 0 Å². The summed E-state index contributed by atoms with van der Waals surface area (Å²) in [5, 5.41) is 11.5. The zero-order valence-corrected chi connectivity index (χ0v) is 15.7. The van der Waals surface area contributed by atoms with Gasteiger partial charge >= 0.3 is 0 Å². The summed E-state index contributed by atoms with van der Waals surface area (Å²) in [6.45, 7) is 0.708. The molecule has 4 heterocycles. The van der Waals surface area contributed by atoms with E-state index in [4.69, 9.17) is 20.8 Å². The van der Waals surface area contributed by atoms with Gasteiger partial charge in [0.25, 0.3) is 6.43 Å². The number of pyridine rings is 2. The normalized spacial score (nSPS) is 19.6. The third kappa shape index (κ3) is 3.04. The van der Waals surface area contributed by atoms with Crippen LogP contribution in [-0.4, -0.2) is 33.3 Å². The first-order chi connectivity index (χ1) is 13.9. The van der Waals surface area contributed by atoms with Crippen LogP contribution in [-0.2, 0) is 10.3 Å². The molecule has 4 aromatic rings. The predicted octanol–water partition coefficient (Wildman–Crippen LogP) is 4.64. The van der Waals surface area contributed by atoms with E-state index in [-0.39, 0.29) is 28.7 Å². The molecule has 9 heteroatoms. The van der Waals surface area contributed by atoms with Gasteiger partial charge in [-0.1, -0.05) is 17.7 Å². The van der Waals surface area contributed by atoms with Gasteiger partial charge in [-0.3, -0.25) is 4.98 Å². The molecule has 0 amide bonds. The van der Waals surface area contributed by atoms with Crippen LogP contribution in [0.4, 0.5) is 8.78 Å². The Balaban J connectivity index is 1.67. The van der Waals surface area contributed by atoms with Crippen molar-refractivity contribution in [2.24, 2.45) is 0 Å². The summed E-state index contributed by atoms with van der Waals surface area (Å²) in [7, 11) is 0. The number of alkyl halides is 2. The van der Waals surface area contributed by atoms with Crippen LogP contribution >= 0.6 is 11.6 Å². The fourth-order valence-corrected chi connectivity index (χ4v) is 3.75. The quantitative estimate of drug-likeness (QED) is 0.489. The van der Waals surface area contributed by atoms with Crippen LogP contribution in [0.1, 0.15) is 24.1 Å². The molecule has 0 saturated carbocycles. The van der Waals surface area contributed by atoms with Crippen molar-refractivity contribution >= 4 is 33.5 Å².